The van der Waals surface area contributed by atoms with Gasteiger partial charge in [0.15, 0.2) is 5.13 Å². The molecule has 0 aliphatic heterocycles. The molecule has 0 saturated heterocycles. The molecule has 5 nitrogen and oxygen atoms in total. The lowest BCUT2D eigenvalue weighted by molar-refractivity contribution is 0.0924. The lowest BCUT2D eigenvalue weighted by atomic mass is 9.93. The van der Waals surface area contributed by atoms with Crippen LogP contribution in [0.2, 0.25) is 0 Å². The van der Waals surface area contributed by atoms with Crippen LogP contribution in [-0.2, 0) is 0 Å². The molecule has 1 aliphatic rings. The van der Waals surface area contributed by atoms with Crippen molar-refractivity contribution in [3.05, 3.63) is 4.88 Å². The fraction of sp³-hybridized carbons (Fsp3) is 0.667. The van der Waals surface area contributed by atoms with E-state index >= 15 is 0 Å². The Hall–Kier alpha value is -1.30. The molecule has 0 unspecified atom stereocenters. The second kappa shape index (κ2) is 4.76. The maximum absolute atomic E-state index is 12.0. The molecule has 1 aliphatic carbocycles. The summed E-state index contributed by atoms with van der Waals surface area (Å²) in [6.07, 6.45) is 3.60. The number of carbonyl (C=O) groups excluding carboxylic acids is 1. The van der Waals surface area contributed by atoms with E-state index in [9.17, 15) is 4.79 Å². The van der Waals surface area contributed by atoms with Crippen LogP contribution < -0.4 is 16.4 Å². The molecule has 6 heteroatoms. The van der Waals surface area contributed by atoms with Crippen LogP contribution in [0.4, 0.5) is 10.9 Å². The number of nitrogens with two attached hydrogens (primary N) is 1. The largest absolute Gasteiger partial charge is 0.382 e. The van der Waals surface area contributed by atoms with Crippen molar-refractivity contribution in [3.8, 4) is 0 Å². The van der Waals surface area contributed by atoms with Gasteiger partial charge in [-0.2, -0.15) is 0 Å². The summed E-state index contributed by atoms with van der Waals surface area (Å²) in [4.78, 5) is 16.7. The number of nitrogen functional groups attached to an aromatic ring is 1. The smallest absolute Gasteiger partial charge is 0.265 e. The highest BCUT2D eigenvalue weighted by atomic mass is 32.1. The number of carbonyl (C=O) groups is 1. The fourth-order valence-corrected chi connectivity index (χ4v) is 2.54. The van der Waals surface area contributed by atoms with Crippen LogP contribution in [0.3, 0.4) is 0 Å². The van der Waals surface area contributed by atoms with Crippen molar-refractivity contribution in [1.29, 1.82) is 0 Å². The Morgan fingerprint density at radius 1 is 1.44 bits per heavy atom. The average molecular weight is 268 g/mol. The van der Waals surface area contributed by atoms with Gasteiger partial charge in [0.2, 0.25) is 0 Å². The maximum Gasteiger partial charge on any atom is 0.265 e. The second-order valence-electron chi connectivity index (χ2n) is 5.71. The Morgan fingerprint density at radius 3 is 2.61 bits per heavy atom. The Balaban J connectivity index is 2.05. The lowest BCUT2D eigenvalue weighted by Gasteiger charge is -2.25. The molecular weight excluding hydrogens is 248 g/mol. The zero-order chi connectivity index (χ0) is 13.3. The summed E-state index contributed by atoms with van der Waals surface area (Å²) in [5, 5.41) is 6.95. The molecule has 0 spiro atoms. The molecule has 1 saturated carbocycles. The van der Waals surface area contributed by atoms with E-state index in [0.29, 0.717) is 16.7 Å². The number of anilines is 2. The normalized spacial score (nSPS) is 16.2. The molecule has 100 valence electrons. The molecule has 1 fully saturated rings. The first-order valence-corrected chi connectivity index (χ1v) is 7.02. The van der Waals surface area contributed by atoms with Crippen LogP contribution in [0.5, 0.6) is 0 Å². The zero-order valence-corrected chi connectivity index (χ0v) is 11.9. The molecule has 2 rings (SSSR count). The molecule has 1 amide bonds. The first-order valence-electron chi connectivity index (χ1n) is 6.20. The molecule has 4 N–H and O–H groups in total. The van der Waals surface area contributed by atoms with Gasteiger partial charge >= 0.3 is 0 Å². The minimum Gasteiger partial charge on any atom is -0.382 e. The number of rotatable bonds is 3. The highest BCUT2D eigenvalue weighted by Crippen LogP contribution is 2.29. The standard InChI is InChI=1S/C12H20N4OS/c1-12(2,3)16-10(17)8-9(13)15-11(18-8)14-7-5-4-6-7/h7H,4-6,13H2,1-3H3,(H,14,15)(H,16,17). The molecule has 0 radical (unpaired) electrons. The highest BCUT2D eigenvalue weighted by Gasteiger charge is 2.23. The molecule has 18 heavy (non-hydrogen) atoms. The van der Waals surface area contributed by atoms with E-state index in [1.807, 2.05) is 20.8 Å². The van der Waals surface area contributed by atoms with Crippen LogP contribution in [0.1, 0.15) is 49.7 Å². The van der Waals surface area contributed by atoms with Crippen LogP contribution in [0.25, 0.3) is 0 Å². The van der Waals surface area contributed by atoms with Crippen molar-refractivity contribution in [1.82, 2.24) is 10.3 Å². The number of amides is 1. The predicted octanol–water partition coefficient (Wildman–Crippen LogP) is 2.22. The lowest BCUT2D eigenvalue weighted by Crippen LogP contribution is -2.40. The number of nitrogens with zero attached hydrogens (tertiary/aromatic N) is 1. The zero-order valence-electron chi connectivity index (χ0n) is 11.0. The van der Waals surface area contributed by atoms with Crippen molar-refractivity contribution in [2.24, 2.45) is 0 Å². The van der Waals surface area contributed by atoms with Crippen LogP contribution in [0, 0.1) is 0 Å². The molecule has 0 bridgehead atoms. The Kier molecular flexibility index (Phi) is 3.47. The molecule has 1 heterocycles. The summed E-state index contributed by atoms with van der Waals surface area (Å²) in [7, 11) is 0. The third kappa shape index (κ3) is 3.13. The average Bonchev–Trinajstić information content (AvgIpc) is 2.51. The summed E-state index contributed by atoms with van der Waals surface area (Å²) in [6, 6.07) is 0.495. The Labute approximate surface area is 111 Å². The van der Waals surface area contributed by atoms with E-state index in [1.165, 1.54) is 30.6 Å². The Bertz CT molecular complexity index is 445. The first kappa shape index (κ1) is 13.1. The van der Waals surface area contributed by atoms with Crippen LogP contribution >= 0.6 is 11.3 Å². The predicted molar refractivity (Wildman–Crippen MR) is 75.0 cm³/mol. The Morgan fingerprint density at radius 2 is 2.11 bits per heavy atom. The van der Waals surface area contributed by atoms with Gasteiger partial charge in [0.1, 0.15) is 10.7 Å². The number of aromatic nitrogens is 1. The van der Waals surface area contributed by atoms with Gasteiger partial charge in [0.05, 0.1) is 0 Å². The topological polar surface area (TPSA) is 80.0 Å². The van der Waals surface area contributed by atoms with E-state index in [2.05, 4.69) is 15.6 Å². The van der Waals surface area contributed by atoms with Crippen LogP contribution in [-0.4, -0.2) is 22.5 Å². The minimum absolute atomic E-state index is 0.154. The summed E-state index contributed by atoms with van der Waals surface area (Å²) in [5.41, 5.74) is 5.53. The number of hydrogen-bond donors (Lipinski definition) is 3. The van der Waals surface area contributed by atoms with Crippen LogP contribution in [0.15, 0.2) is 0 Å². The van der Waals surface area contributed by atoms with Crippen molar-refractivity contribution in [2.75, 3.05) is 11.1 Å². The number of thiazole rings is 1. The summed E-state index contributed by atoms with van der Waals surface area (Å²) in [6.45, 7) is 5.82. The van der Waals surface area contributed by atoms with Gasteiger partial charge in [-0.25, -0.2) is 4.98 Å². The summed E-state index contributed by atoms with van der Waals surface area (Å²) < 4.78 is 0. The third-order valence-corrected chi connectivity index (χ3v) is 3.78. The van der Waals surface area contributed by atoms with E-state index in [-0.39, 0.29) is 11.4 Å². The summed E-state index contributed by atoms with van der Waals surface area (Å²) in [5.74, 6) is 0.155. The molecule has 0 atom stereocenters. The number of hydrogen-bond acceptors (Lipinski definition) is 5. The van der Waals surface area contributed by atoms with Gasteiger partial charge < -0.3 is 16.4 Å². The maximum atomic E-state index is 12.0. The van der Waals surface area contributed by atoms with Gasteiger partial charge in [0.25, 0.3) is 5.91 Å². The van der Waals surface area contributed by atoms with Crippen molar-refractivity contribution in [3.63, 3.8) is 0 Å². The monoisotopic (exact) mass is 268 g/mol. The van der Waals surface area contributed by atoms with Gasteiger partial charge in [-0.15, -0.1) is 0 Å². The van der Waals surface area contributed by atoms with Gasteiger partial charge in [0, 0.05) is 11.6 Å². The highest BCUT2D eigenvalue weighted by molar-refractivity contribution is 7.18. The second-order valence-corrected chi connectivity index (χ2v) is 6.71. The van der Waals surface area contributed by atoms with E-state index in [0.717, 1.165) is 5.13 Å². The summed E-state index contributed by atoms with van der Waals surface area (Å²) >= 11 is 1.33. The SMILES string of the molecule is CC(C)(C)NC(=O)c1sc(NC2CCC2)nc1N. The quantitative estimate of drug-likeness (QED) is 0.785. The third-order valence-electron chi connectivity index (χ3n) is 2.78. The van der Waals surface area contributed by atoms with Gasteiger partial charge in [-0.1, -0.05) is 11.3 Å². The molecule has 0 aromatic carbocycles. The van der Waals surface area contributed by atoms with E-state index < -0.39 is 0 Å². The minimum atomic E-state index is -0.269. The molecule has 1 aromatic rings. The first-order chi connectivity index (χ1) is 8.35. The molecule has 1 aromatic heterocycles. The molecular formula is C12H20N4OS. The van der Waals surface area contributed by atoms with Crippen molar-refractivity contribution < 1.29 is 4.79 Å². The van der Waals surface area contributed by atoms with Crippen molar-refractivity contribution in [2.45, 2.75) is 51.6 Å². The van der Waals surface area contributed by atoms with Gasteiger partial charge in [-0.05, 0) is 40.0 Å². The van der Waals surface area contributed by atoms with E-state index in [4.69, 9.17) is 5.73 Å². The van der Waals surface area contributed by atoms with E-state index in [1.54, 1.807) is 0 Å². The number of nitrogens with one attached hydrogen (secondary N) is 2. The fourth-order valence-electron chi connectivity index (χ4n) is 1.68. The van der Waals surface area contributed by atoms with Gasteiger partial charge in [-0.3, -0.25) is 4.79 Å². The van der Waals surface area contributed by atoms with Crippen molar-refractivity contribution >= 4 is 28.2 Å².